The van der Waals surface area contributed by atoms with Gasteiger partial charge in [-0.15, -0.1) is 11.3 Å². The summed E-state index contributed by atoms with van der Waals surface area (Å²) < 4.78 is 6.10. The fourth-order valence-electron chi connectivity index (χ4n) is 3.21. The molecule has 0 aliphatic carbocycles. The van der Waals surface area contributed by atoms with Crippen LogP contribution in [0, 0.1) is 6.92 Å². The molecule has 1 N–H and O–H groups in total. The Hall–Kier alpha value is -2.59. The Morgan fingerprint density at radius 3 is 2.48 bits per heavy atom. The van der Waals surface area contributed by atoms with Crippen molar-refractivity contribution < 1.29 is 9.53 Å². The van der Waals surface area contributed by atoms with Crippen LogP contribution in [-0.2, 0) is 19.4 Å². The van der Waals surface area contributed by atoms with Crippen molar-refractivity contribution in [1.82, 2.24) is 5.32 Å². The third-order valence-corrected chi connectivity index (χ3v) is 5.77. The van der Waals surface area contributed by atoms with E-state index in [2.05, 4.69) is 49.5 Å². The Bertz CT molecular complexity index is 900. The molecule has 0 bridgehead atoms. The number of ether oxygens (including phenoxy) is 1. The van der Waals surface area contributed by atoms with Crippen molar-refractivity contribution in [3.8, 4) is 5.06 Å². The molecule has 0 radical (unpaired) electrons. The molecular formula is C25H29NO2S. The molecule has 0 aliphatic rings. The first kappa shape index (κ1) is 21.1. The number of hydrogen-bond donors (Lipinski definition) is 1. The van der Waals surface area contributed by atoms with E-state index in [1.165, 1.54) is 21.6 Å². The lowest BCUT2D eigenvalue weighted by Gasteiger charge is -2.08. The summed E-state index contributed by atoms with van der Waals surface area (Å²) in [5.74, 6) is 0.00681. The summed E-state index contributed by atoms with van der Waals surface area (Å²) in [4.78, 5) is 13.3. The lowest BCUT2D eigenvalue weighted by atomic mass is 10.0. The second-order valence-corrected chi connectivity index (χ2v) is 8.47. The number of carbonyl (C=O) groups is 1. The molecule has 152 valence electrons. The molecule has 4 heteroatoms. The van der Waals surface area contributed by atoms with Crippen molar-refractivity contribution in [3.63, 3.8) is 0 Å². The zero-order valence-corrected chi connectivity index (χ0v) is 18.1. The van der Waals surface area contributed by atoms with Crippen LogP contribution in [0.3, 0.4) is 0 Å². The maximum absolute atomic E-state index is 12.0. The zero-order chi connectivity index (χ0) is 20.5. The first-order valence-electron chi connectivity index (χ1n) is 10.3. The normalized spacial score (nSPS) is 10.7. The zero-order valence-electron chi connectivity index (χ0n) is 17.2. The van der Waals surface area contributed by atoms with Gasteiger partial charge in [-0.1, -0.05) is 49.4 Å². The molecule has 0 spiro atoms. The van der Waals surface area contributed by atoms with Gasteiger partial charge in [0, 0.05) is 22.5 Å². The van der Waals surface area contributed by atoms with Crippen LogP contribution in [-0.4, -0.2) is 12.5 Å². The van der Waals surface area contributed by atoms with Gasteiger partial charge in [-0.05, 0) is 61.9 Å². The van der Waals surface area contributed by atoms with Crippen molar-refractivity contribution in [1.29, 1.82) is 0 Å². The number of nitrogens with one attached hydrogen (secondary N) is 1. The highest BCUT2D eigenvalue weighted by atomic mass is 32.1. The van der Waals surface area contributed by atoms with Gasteiger partial charge in [0.15, 0.2) is 5.06 Å². The van der Waals surface area contributed by atoms with Crippen molar-refractivity contribution >= 4 is 17.2 Å². The predicted octanol–water partition coefficient (Wildman–Crippen LogP) is 5.95. The molecule has 3 nitrogen and oxygen atoms in total. The van der Waals surface area contributed by atoms with Crippen molar-refractivity contribution in [3.05, 3.63) is 87.8 Å². The fraction of sp³-hybridized carbons (Fsp3) is 0.320. The van der Waals surface area contributed by atoms with E-state index >= 15 is 0 Å². The maximum Gasteiger partial charge on any atom is 0.251 e. The molecule has 1 heterocycles. The van der Waals surface area contributed by atoms with E-state index in [0.29, 0.717) is 6.61 Å². The molecule has 3 rings (SSSR count). The molecule has 0 atom stereocenters. The summed E-state index contributed by atoms with van der Waals surface area (Å²) in [6.07, 6.45) is 3.99. The number of amides is 1. The molecule has 0 saturated heterocycles. The summed E-state index contributed by atoms with van der Waals surface area (Å²) >= 11 is 1.72. The molecule has 1 aromatic heterocycles. The van der Waals surface area contributed by atoms with E-state index in [-0.39, 0.29) is 5.91 Å². The second kappa shape index (κ2) is 10.8. The van der Waals surface area contributed by atoms with Gasteiger partial charge < -0.3 is 10.1 Å². The van der Waals surface area contributed by atoms with E-state index in [0.717, 1.165) is 42.9 Å². The lowest BCUT2D eigenvalue weighted by molar-refractivity contribution is 0.0953. The molecule has 2 aromatic carbocycles. The molecule has 0 unspecified atom stereocenters. The Labute approximate surface area is 177 Å². The van der Waals surface area contributed by atoms with E-state index in [9.17, 15) is 4.79 Å². The van der Waals surface area contributed by atoms with Crippen LogP contribution in [0.15, 0.2) is 60.7 Å². The summed E-state index contributed by atoms with van der Waals surface area (Å²) in [6, 6.07) is 20.5. The highest BCUT2D eigenvalue weighted by Gasteiger charge is 2.09. The number of benzene rings is 2. The standard InChI is InChI=1S/C25H29NO2S/c1-3-16-26-24(27)22-14-12-20(13-15-22)10-7-11-23-17-19(2)29-25(23)28-18-21-8-5-4-6-9-21/h4-6,8-9,12-15,17H,3,7,10-11,16,18H2,1-2H3,(H,26,27). The van der Waals surface area contributed by atoms with Gasteiger partial charge in [0.25, 0.3) is 5.91 Å². The monoisotopic (exact) mass is 407 g/mol. The minimum absolute atomic E-state index is 0.00681. The number of thiophene rings is 1. The Kier molecular flexibility index (Phi) is 7.88. The van der Waals surface area contributed by atoms with Crippen LogP contribution in [0.5, 0.6) is 5.06 Å². The van der Waals surface area contributed by atoms with Gasteiger partial charge in [-0.25, -0.2) is 0 Å². The summed E-state index contributed by atoms with van der Waals surface area (Å²) in [6.45, 7) is 5.51. The van der Waals surface area contributed by atoms with Gasteiger partial charge in [-0.3, -0.25) is 4.79 Å². The van der Waals surface area contributed by atoms with Crippen molar-refractivity contribution in [2.45, 2.75) is 46.1 Å². The number of hydrogen-bond acceptors (Lipinski definition) is 3. The van der Waals surface area contributed by atoms with Crippen LogP contribution >= 0.6 is 11.3 Å². The second-order valence-electron chi connectivity index (χ2n) is 7.25. The van der Waals surface area contributed by atoms with Gasteiger partial charge in [0.2, 0.25) is 0 Å². The first-order chi connectivity index (χ1) is 14.2. The Balaban J connectivity index is 1.51. The minimum atomic E-state index is 0.00681. The molecule has 0 fully saturated rings. The number of carbonyl (C=O) groups excluding carboxylic acids is 1. The van der Waals surface area contributed by atoms with Crippen molar-refractivity contribution in [2.75, 3.05) is 6.54 Å². The molecule has 3 aromatic rings. The van der Waals surface area contributed by atoms with Gasteiger partial charge in [-0.2, -0.15) is 0 Å². The van der Waals surface area contributed by atoms with Crippen LogP contribution in [0.2, 0.25) is 0 Å². The lowest BCUT2D eigenvalue weighted by Crippen LogP contribution is -2.23. The maximum atomic E-state index is 12.0. The summed E-state index contributed by atoms with van der Waals surface area (Å²) in [5.41, 5.74) is 4.47. The SMILES string of the molecule is CCCNC(=O)c1ccc(CCCc2cc(C)sc2OCc2ccccc2)cc1. The molecule has 29 heavy (non-hydrogen) atoms. The van der Waals surface area contributed by atoms with Crippen LogP contribution in [0.25, 0.3) is 0 Å². The number of rotatable bonds is 10. The highest BCUT2D eigenvalue weighted by Crippen LogP contribution is 2.32. The summed E-state index contributed by atoms with van der Waals surface area (Å²) in [5, 5.41) is 3.95. The minimum Gasteiger partial charge on any atom is -0.479 e. The third kappa shape index (κ3) is 6.47. The Morgan fingerprint density at radius 2 is 1.76 bits per heavy atom. The fourth-order valence-corrected chi connectivity index (χ4v) is 4.11. The average Bonchev–Trinajstić information content (AvgIpc) is 3.11. The first-order valence-corrected chi connectivity index (χ1v) is 11.1. The third-order valence-electron chi connectivity index (χ3n) is 4.77. The van der Waals surface area contributed by atoms with E-state index in [1.54, 1.807) is 11.3 Å². The van der Waals surface area contributed by atoms with Crippen LogP contribution < -0.4 is 10.1 Å². The molecular weight excluding hydrogens is 378 g/mol. The van der Waals surface area contributed by atoms with E-state index in [1.807, 2.05) is 30.3 Å². The molecule has 0 aliphatic heterocycles. The van der Waals surface area contributed by atoms with Gasteiger partial charge >= 0.3 is 0 Å². The largest absolute Gasteiger partial charge is 0.479 e. The predicted molar refractivity (Wildman–Crippen MR) is 121 cm³/mol. The van der Waals surface area contributed by atoms with Crippen LogP contribution in [0.4, 0.5) is 0 Å². The quantitative estimate of drug-likeness (QED) is 0.451. The molecule has 1 amide bonds. The summed E-state index contributed by atoms with van der Waals surface area (Å²) in [7, 11) is 0. The molecule has 0 saturated carbocycles. The highest BCUT2D eigenvalue weighted by molar-refractivity contribution is 7.13. The number of aryl methyl sites for hydroxylation is 3. The average molecular weight is 408 g/mol. The smallest absolute Gasteiger partial charge is 0.251 e. The van der Waals surface area contributed by atoms with E-state index < -0.39 is 0 Å². The van der Waals surface area contributed by atoms with Crippen molar-refractivity contribution in [2.24, 2.45) is 0 Å². The van der Waals surface area contributed by atoms with E-state index in [4.69, 9.17) is 4.74 Å². The Morgan fingerprint density at radius 1 is 1.00 bits per heavy atom. The van der Waals surface area contributed by atoms with Gasteiger partial charge in [0.1, 0.15) is 6.61 Å². The van der Waals surface area contributed by atoms with Gasteiger partial charge in [0.05, 0.1) is 0 Å². The topological polar surface area (TPSA) is 38.3 Å². The van der Waals surface area contributed by atoms with Crippen LogP contribution in [0.1, 0.15) is 51.7 Å².